The highest BCUT2D eigenvalue weighted by atomic mass is 32.1. The van der Waals surface area contributed by atoms with Gasteiger partial charge in [0.1, 0.15) is 4.88 Å². The van der Waals surface area contributed by atoms with Crippen LogP contribution in [0.3, 0.4) is 0 Å². The lowest BCUT2D eigenvalue weighted by atomic mass is 9.99. The first-order chi connectivity index (χ1) is 7.64. The quantitative estimate of drug-likeness (QED) is 0.743. The van der Waals surface area contributed by atoms with Gasteiger partial charge in [0.15, 0.2) is 5.54 Å². The number of amides is 1. The number of hydrogen-bond acceptors (Lipinski definition) is 6. The Morgan fingerprint density at radius 1 is 1.62 bits per heavy atom. The van der Waals surface area contributed by atoms with Crippen LogP contribution in [0.25, 0.3) is 0 Å². The first kappa shape index (κ1) is 11.0. The average Bonchev–Trinajstić information content (AvgIpc) is 2.88. The zero-order valence-electron chi connectivity index (χ0n) is 8.17. The minimum absolute atomic E-state index is 0.0136. The number of carboxylic acid groups (broad SMARTS) is 1. The van der Waals surface area contributed by atoms with Gasteiger partial charge in [0.25, 0.3) is 5.91 Å². The molecule has 0 aromatic carbocycles. The molecule has 2 heterocycles. The molecule has 7 nitrogen and oxygen atoms in total. The molecule has 0 bridgehead atoms. The van der Waals surface area contributed by atoms with E-state index in [1.54, 1.807) is 0 Å². The highest BCUT2D eigenvalue weighted by Crippen LogP contribution is 2.20. The first-order valence-corrected chi connectivity index (χ1v) is 5.32. The maximum atomic E-state index is 11.7. The van der Waals surface area contributed by atoms with Gasteiger partial charge in [-0.1, -0.05) is 4.49 Å². The Balaban J connectivity index is 2.13. The minimum atomic E-state index is -1.32. The molecule has 1 aromatic rings. The lowest BCUT2D eigenvalue weighted by molar-refractivity contribution is -0.144. The largest absolute Gasteiger partial charge is 0.479 e. The number of carboxylic acids is 1. The van der Waals surface area contributed by atoms with Crippen molar-refractivity contribution in [1.82, 2.24) is 14.9 Å². The molecule has 1 amide bonds. The van der Waals surface area contributed by atoms with Crippen LogP contribution in [0.4, 0.5) is 0 Å². The Morgan fingerprint density at radius 3 is 2.94 bits per heavy atom. The molecule has 16 heavy (non-hydrogen) atoms. The molecule has 1 aliphatic rings. The number of carbonyl (C=O) groups excluding carboxylic acids is 1. The summed E-state index contributed by atoms with van der Waals surface area (Å²) in [6, 6.07) is 0. The summed E-state index contributed by atoms with van der Waals surface area (Å²) in [7, 11) is 0. The van der Waals surface area contributed by atoms with Gasteiger partial charge in [-0.3, -0.25) is 4.79 Å². The van der Waals surface area contributed by atoms with Crippen molar-refractivity contribution in [2.24, 2.45) is 0 Å². The molecule has 2 rings (SSSR count). The monoisotopic (exact) mass is 243 g/mol. The number of ether oxygens (including phenoxy) is 1. The van der Waals surface area contributed by atoms with Crippen molar-refractivity contribution in [1.29, 1.82) is 0 Å². The van der Waals surface area contributed by atoms with Gasteiger partial charge in [0.05, 0.1) is 12.8 Å². The van der Waals surface area contributed by atoms with Crippen molar-refractivity contribution in [3.63, 3.8) is 0 Å². The van der Waals surface area contributed by atoms with Crippen LogP contribution in [-0.4, -0.2) is 45.3 Å². The predicted octanol–water partition coefficient (Wildman–Crippen LogP) is -0.488. The van der Waals surface area contributed by atoms with Crippen LogP contribution in [0.2, 0.25) is 0 Å². The summed E-state index contributed by atoms with van der Waals surface area (Å²) in [6.45, 7) is 0.313. The molecule has 0 radical (unpaired) electrons. The molecule has 2 N–H and O–H groups in total. The second-order valence-electron chi connectivity index (χ2n) is 3.43. The third-order valence-corrected chi connectivity index (χ3v) is 3.03. The van der Waals surface area contributed by atoms with Gasteiger partial charge in [0.2, 0.25) is 0 Å². The van der Waals surface area contributed by atoms with E-state index in [0.29, 0.717) is 6.61 Å². The zero-order valence-corrected chi connectivity index (χ0v) is 8.99. The maximum Gasteiger partial charge on any atom is 0.331 e. The predicted molar refractivity (Wildman–Crippen MR) is 53.2 cm³/mol. The highest BCUT2D eigenvalue weighted by molar-refractivity contribution is 7.07. The van der Waals surface area contributed by atoms with E-state index in [0.717, 1.165) is 11.5 Å². The molecule has 86 valence electrons. The summed E-state index contributed by atoms with van der Waals surface area (Å²) >= 11 is 0.918. The van der Waals surface area contributed by atoms with Gasteiger partial charge in [-0.05, 0) is 11.5 Å². The standard InChI is InChI=1S/C8H9N3O4S/c12-6(5-3-9-11-16-5)10-8(7(13)14)1-2-15-4-8/h3H,1-2,4H2,(H,10,12)(H,13,14). The fraction of sp³-hybridized carbons (Fsp3) is 0.500. The van der Waals surface area contributed by atoms with Crippen LogP contribution < -0.4 is 5.32 Å². The van der Waals surface area contributed by atoms with Crippen molar-refractivity contribution in [2.45, 2.75) is 12.0 Å². The summed E-state index contributed by atoms with van der Waals surface area (Å²) < 4.78 is 8.55. The number of nitrogens with zero attached hydrogens (tertiary/aromatic N) is 2. The van der Waals surface area contributed by atoms with E-state index in [1.807, 2.05) is 0 Å². The van der Waals surface area contributed by atoms with E-state index in [4.69, 9.17) is 9.84 Å². The van der Waals surface area contributed by atoms with Crippen LogP contribution in [0.5, 0.6) is 0 Å². The second-order valence-corrected chi connectivity index (χ2v) is 4.21. The summed E-state index contributed by atoms with van der Waals surface area (Å²) in [5.41, 5.74) is -1.32. The van der Waals surface area contributed by atoms with Crippen molar-refractivity contribution in [3.8, 4) is 0 Å². The Bertz CT molecular complexity index is 399. The van der Waals surface area contributed by atoms with Gasteiger partial charge >= 0.3 is 5.97 Å². The smallest absolute Gasteiger partial charge is 0.331 e. The molecule has 0 saturated carbocycles. The molecule has 0 spiro atoms. The Hall–Kier alpha value is -1.54. The summed E-state index contributed by atoms with van der Waals surface area (Å²) in [6.07, 6.45) is 1.56. The zero-order chi connectivity index (χ0) is 11.6. The molecule has 1 unspecified atom stereocenters. The van der Waals surface area contributed by atoms with Crippen LogP contribution in [0, 0.1) is 0 Å². The number of carbonyl (C=O) groups is 2. The molecule has 1 saturated heterocycles. The number of aromatic nitrogens is 2. The SMILES string of the molecule is O=C(NC1(C(=O)O)CCOC1)c1cnns1. The first-order valence-electron chi connectivity index (χ1n) is 4.55. The van der Waals surface area contributed by atoms with E-state index in [9.17, 15) is 9.59 Å². The topological polar surface area (TPSA) is 101 Å². The van der Waals surface area contributed by atoms with Gasteiger partial charge in [-0.15, -0.1) is 5.10 Å². The third-order valence-electron chi connectivity index (χ3n) is 2.37. The summed E-state index contributed by atoms with van der Waals surface area (Å²) in [5.74, 6) is -1.57. The second kappa shape index (κ2) is 4.14. The average molecular weight is 243 g/mol. The van der Waals surface area contributed by atoms with E-state index in [-0.39, 0.29) is 17.9 Å². The number of hydrogen-bond donors (Lipinski definition) is 2. The van der Waals surface area contributed by atoms with Crippen LogP contribution in [0.15, 0.2) is 6.20 Å². The summed E-state index contributed by atoms with van der Waals surface area (Å²) in [4.78, 5) is 23.1. The minimum Gasteiger partial charge on any atom is -0.479 e. The lowest BCUT2D eigenvalue weighted by Gasteiger charge is -2.22. The van der Waals surface area contributed by atoms with Gasteiger partial charge in [-0.25, -0.2) is 4.79 Å². The normalized spacial score (nSPS) is 24.2. The fourth-order valence-corrected chi connectivity index (χ4v) is 1.84. The van der Waals surface area contributed by atoms with Gasteiger partial charge in [0, 0.05) is 13.0 Å². The molecular weight excluding hydrogens is 234 g/mol. The molecule has 1 fully saturated rings. The number of nitrogens with one attached hydrogen (secondary N) is 1. The van der Waals surface area contributed by atoms with E-state index >= 15 is 0 Å². The van der Waals surface area contributed by atoms with E-state index in [1.165, 1.54) is 6.20 Å². The molecule has 1 aliphatic heterocycles. The Kier molecular flexibility index (Phi) is 2.84. The maximum absolute atomic E-state index is 11.7. The van der Waals surface area contributed by atoms with Crippen molar-refractivity contribution in [2.75, 3.05) is 13.2 Å². The highest BCUT2D eigenvalue weighted by Gasteiger charge is 2.44. The molecule has 0 aliphatic carbocycles. The Morgan fingerprint density at radius 2 is 2.44 bits per heavy atom. The van der Waals surface area contributed by atoms with Crippen molar-refractivity contribution < 1.29 is 19.4 Å². The molecule has 8 heteroatoms. The fourth-order valence-electron chi connectivity index (χ4n) is 1.43. The number of rotatable bonds is 3. The van der Waals surface area contributed by atoms with Crippen LogP contribution in [-0.2, 0) is 9.53 Å². The van der Waals surface area contributed by atoms with Crippen molar-refractivity contribution >= 4 is 23.4 Å². The van der Waals surface area contributed by atoms with Gasteiger partial charge < -0.3 is 15.2 Å². The Labute approximate surface area is 94.6 Å². The van der Waals surface area contributed by atoms with E-state index in [2.05, 4.69) is 14.9 Å². The van der Waals surface area contributed by atoms with Gasteiger partial charge in [-0.2, -0.15) is 0 Å². The molecule has 1 atom stereocenters. The van der Waals surface area contributed by atoms with Crippen LogP contribution in [0.1, 0.15) is 16.1 Å². The van der Waals surface area contributed by atoms with E-state index < -0.39 is 17.4 Å². The number of aliphatic carboxylic acids is 1. The third kappa shape index (κ3) is 1.89. The van der Waals surface area contributed by atoms with Crippen molar-refractivity contribution in [3.05, 3.63) is 11.1 Å². The van der Waals surface area contributed by atoms with Crippen LogP contribution >= 0.6 is 11.5 Å². The molecule has 1 aromatic heterocycles. The lowest BCUT2D eigenvalue weighted by Crippen LogP contribution is -2.55. The molecular formula is C8H9N3O4S. The summed E-state index contributed by atoms with van der Waals surface area (Å²) in [5, 5.41) is 15.1.